The minimum atomic E-state index is -0.757. The Bertz CT molecular complexity index is 330. The van der Waals surface area contributed by atoms with Gasteiger partial charge in [0.25, 0.3) is 0 Å². The van der Waals surface area contributed by atoms with Crippen LogP contribution in [0.25, 0.3) is 0 Å². The maximum atomic E-state index is 11.9. The number of rotatable bonds is 3. The maximum Gasteiger partial charge on any atom is 0.338 e. The lowest BCUT2D eigenvalue weighted by molar-refractivity contribution is -0.196. The summed E-state index contributed by atoms with van der Waals surface area (Å²) < 4.78 is 22.2. The van der Waals surface area contributed by atoms with E-state index in [4.69, 9.17) is 24.7 Å². The molecule has 0 aromatic carbocycles. The molecule has 0 unspecified atom stereocenters. The van der Waals surface area contributed by atoms with Gasteiger partial charge in [0.2, 0.25) is 0 Å². The van der Waals surface area contributed by atoms with E-state index in [1.54, 1.807) is 13.8 Å². The van der Waals surface area contributed by atoms with Gasteiger partial charge in [0.1, 0.15) is 12.2 Å². The normalized spacial score (nSPS) is 37.9. The van der Waals surface area contributed by atoms with Gasteiger partial charge in [0.05, 0.1) is 12.2 Å². The smallest absolute Gasteiger partial charge is 0.338 e. The van der Waals surface area contributed by atoms with Crippen LogP contribution in [0.2, 0.25) is 0 Å². The third-order valence-corrected chi connectivity index (χ3v) is 2.97. The van der Waals surface area contributed by atoms with Crippen LogP contribution in [0.15, 0.2) is 0 Å². The summed E-state index contributed by atoms with van der Waals surface area (Å²) in [7, 11) is 0. The van der Waals surface area contributed by atoms with Crippen LogP contribution in [0.5, 0.6) is 0 Å². The van der Waals surface area contributed by atoms with E-state index in [9.17, 15) is 4.79 Å². The summed E-state index contributed by atoms with van der Waals surface area (Å²) in [5.41, 5.74) is 5.63. The molecule has 0 bridgehead atoms. The highest BCUT2D eigenvalue weighted by atomic mass is 16.8. The van der Waals surface area contributed by atoms with Crippen LogP contribution in [-0.2, 0) is 23.7 Å². The van der Waals surface area contributed by atoms with Crippen molar-refractivity contribution in [2.75, 3.05) is 6.54 Å². The Kier molecular flexibility index (Phi) is 3.64. The minimum absolute atomic E-state index is 0.188. The van der Waals surface area contributed by atoms with Crippen molar-refractivity contribution in [2.45, 2.75) is 64.0 Å². The van der Waals surface area contributed by atoms with E-state index in [0.29, 0.717) is 0 Å². The predicted molar refractivity (Wildman–Crippen MR) is 62.8 cm³/mol. The molecule has 2 heterocycles. The second kappa shape index (κ2) is 4.77. The molecule has 2 fully saturated rings. The van der Waals surface area contributed by atoms with Crippen molar-refractivity contribution >= 4 is 5.97 Å². The second-order valence-corrected chi connectivity index (χ2v) is 5.38. The van der Waals surface area contributed by atoms with Crippen molar-refractivity contribution < 1.29 is 23.7 Å². The molecule has 6 heteroatoms. The largest absolute Gasteiger partial charge is 0.461 e. The van der Waals surface area contributed by atoms with E-state index in [1.165, 1.54) is 0 Å². The van der Waals surface area contributed by atoms with E-state index in [-0.39, 0.29) is 24.9 Å². The number of ether oxygens (including phenoxy) is 4. The summed E-state index contributed by atoms with van der Waals surface area (Å²) in [5, 5.41) is 0. The topological polar surface area (TPSA) is 80.0 Å². The van der Waals surface area contributed by atoms with Crippen molar-refractivity contribution in [3.63, 3.8) is 0 Å². The molecule has 0 aliphatic carbocycles. The van der Waals surface area contributed by atoms with Crippen molar-refractivity contribution in [1.82, 2.24) is 0 Å². The molecule has 6 nitrogen and oxygen atoms in total. The van der Waals surface area contributed by atoms with E-state index < -0.39 is 24.0 Å². The minimum Gasteiger partial charge on any atom is -0.461 e. The van der Waals surface area contributed by atoms with Crippen LogP contribution in [-0.4, -0.2) is 48.8 Å². The van der Waals surface area contributed by atoms with Gasteiger partial charge in [-0.25, -0.2) is 4.79 Å². The van der Waals surface area contributed by atoms with Gasteiger partial charge < -0.3 is 24.7 Å². The van der Waals surface area contributed by atoms with Crippen molar-refractivity contribution in [3.8, 4) is 0 Å². The molecule has 4 atom stereocenters. The molecule has 2 saturated heterocycles. The number of fused-ring (bicyclic) bond motifs is 1. The molecule has 0 spiro atoms. The van der Waals surface area contributed by atoms with E-state index in [2.05, 4.69) is 0 Å². The van der Waals surface area contributed by atoms with Crippen LogP contribution in [0.4, 0.5) is 0 Å². The summed E-state index contributed by atoms with van der Waals surface area (Å²) in [5.74, 6) is -1.14. The molecule has 2 rings (SSSR count). The highest BCUT2D eigenvalue weighted by Crippen LogP contribution is 2.38. The first-order valence-corrected chi connectivity index (χ1v) is 6.25. The van der Waals surface area contributed by atoms with Gasteiger partial charge in [0, 0.05) is 6.54 Å². The molecule has 0 radical (unpaired) electrons. The number of hydrogen-bond acceptors (Lipinski definition) is 6. The third kappa shape index (κ3) is 2.51. The molecule has 0 saturated carbocycles. The molecule has 18 heavy (non-hydrogen) atoms. The Morgan fingerprint density at radius 2 is 1.94 bits per heavy atom. The van der Waals surface area contributed by atoms with E-state index >= 15 is 0 Å². The summed E-state index contributed by atoms with van der Waals surface area (Å²) in [6, 6.07) is 0. The SMILES string of the molecule is CC(C)OC(=O)[C@H]1O[C@@H](CN)[C@@H]2OC(C)(C)O[C@@H]21. The fraction of sp³-hybridized carbons (Fsp3) is 0.917. The van der Waals surface area contributed by atoms with Crippen LogP contribution in [0.1, 0.15) is 27.7 Å². The first-order valence-electron chi connectivity index (χ1n) is 6.25. The van der Waals surface area contributed by atoms with Crippen LogP contribution in [0.3, 0.4) is 0 Å². The first kappa shape index (κ1) is 13.7. The molecular formula is C12H21NO5. The van der Waals surface area contributed by atoms with Crippen molar-refractivity contribution in [2.24, 2.45) is 5.73 Å². The molecule has 2 N–H and O–H groups in total. The van der Waals surface area contributed by atoms with Gasteiger partial charge in [-0.3, -0.25) is 0 Å². The van der Waals surface area contributed by atoms with Gasteiger partial charge in [0.15, 0.2) is 11.9 Å². The summed E-state index contributed by atoms with van der Waals surface area (Å²) >= 11 is 0. The van der Waals surface area contributed by atoms with Gasteiger partial charge in [-0.15, -0.1) is 0 Å². The Hall–Kier alpha value is -0.690. The zero-order valence-corrected chi connectivity index (χ0v) is 11.2. The Labute approximate surface area is 107 Å². The number of carbonyl (C=O) groups excluding carboxylic acids is 1. The molecular weight excluding hydrogens is 238 g/mol. The molecule has 104 valence electrons. The number of esters is 1. The fourth-order valence-corrected chi connectivity index (χ4v) is 2.36. The molecule has 0 aromatic heterocycles. The van der Waals surface area contributed by atoms with Crippen LogP contribution < -0.4 is 5.73 Å². The highest BCUT2D eigenvalue weighted by molar-refractivity contribution is 5.76. The highest BCUT2D eigenvalue weighted by Gasteiger charge is 2.57. The Morgan fingerprint density at radius 1 is 1.33 bits per heavy atom. The summed E-state index contributed by atoms with van der Waals surface area (Å²) in [6.07, 6.45) is -2.03. The quantitative estimate of drug-likeness (QED) is 0.728. The lowest BCUT2D eigenvalue weighted by Gasteiger charge is -2.23. The fourth-order valence-electron chi connectivity index (χ4n) is 2.36. The standard InChI is InChI=1S/C12H21NO5/c1-6(2)15-11(14)10-9-8(7(5-13)16-10)17-12(3,4)18-9/h6-10H,5,13H2,1-4H3/t7-,8-,9-,10-/m0/s1. The van der Waals surface area contributed by atoms with Crippen LogP contribution >= 0.6 is 0 Å². The Morgan fingerprint density at radius 3 is 2.50 bits per heavy atom. The first-order chi connectivity index (χ1) is 8.34. The predicted octanol–water partition coefficient (Wildman–Crippen LogP) is 0.184. The molecule has 2 aliphatic rings. The Balaban J connectivity index is 2.11. The average molecular weight is 259 g/mol. The van der Waals surface area contributed by atoms with E-state index in [1.807, 2.05) is 13.8 Å². The molecule has 0 amide bonds. The summed E-state index contributed by atoms with van der Waals surface area (Å²) in [6.45, 7) is 7.49. The van der Waals surface area contributed by atoms with Gasteiger partial charge in [-0.1, -0.05) is 0 Å². The van der Waals surface area contributed by atoms with Gasteiger partial charge in [-0.2, -0.15) is 0 Å². The van der Waals surface area contributed by atoms with Crippen LogP contribution in [0, 0.1) is 0 Å². The zero-order chi connectivity index (χ0) is 13.5. The number of nitrogens with two attached hydrogens (primary N) is 1. The van der Waals surface area contributed by atoms with Gasteiger partial charge >= 0.3 is 5.97 Å². The second-order valence-electron chi connectivity index (χ2n) is 5.38. The number of carbonyl (C=O) groups is 1. The summed E-state index contributed by atoms with van der Waals surface area (Å²) in [4.78, 5) is 11.9. The van der Waals surface area contributed by atoms with Gasteiger partial charge in [-0.05, 0) is 27.7 Å². The average Bonchev–Trinajstić information content (AvgIpc) is 2.69. The van der Waals surface area contributed by atoms with Crippen molar-refractivity contribution in [3.05, 3.63) is 0 Å². The molecule has 0 aromatic rings. The maximum absolute atomic E-state index is 11.9. The monoisotopic (exact) mass is 259 g/mol. The lowest BCUT2D eigenvalue weighted by atomic mass is 10.1. The van der Waals surface area contributed by atoms with Crippen molar-refractivity contribution in [1.29, 1.82) is 0 Å². The zero-order valence-electron chi connectivity index (χ0n) is 11.2. The third-order valence-electron chi connectivity index (χ3n) is 2.97. The number of hydrogen-bond donors (Lipinski definition) is 1. The van der Waals surface area contributed by atoms with E-state index in [0.717, 1.165) is 0 Å². The lowest BCUT2D eigenvalue weighted by Crippen LogP contribution is -2.37. The molecule has 2 aliphatic heterocycles.